The van der Waals surface area contributed by atoms with Crippen LogP contribution in [0, 0.1) is 11.3 Å². The Morgan fingerprint density at radius 1 is 1.43 bits per heavy atom. The third-order valence-corrected chi connectivity index (χ3v) is 4.34. The average Bonchev–Trinajstić information content (AvgIpc) is 2.76. The summed E-state index contributed by atoms with van der Waals surface area (Å²) >= 11 is 7.04. The van der Waals surface area contributed by atoms with Crippen LogP contribution in [0.3, 0.4) is 0 Å². The van der Waals surface area contributed by atoms with Crippen molar-refractivity contribution in [2.24, 2.45) is 0 Å². The zero-order chi connectivity index (χ0) is 15.6. The van der Waals surface area contributed by atoms with Crippen molar-refractivity contribution in [1.29, 1.82) is 5.26 Å². The lowest BCUT2D eigenvalue weighted by atomic mass is 10.2. The van der Waals surface area contributed by atoms with E-state index in [0.29, 0.717) is 15.7 Å². The van der Waals surface area contributed by atoms with Gasteiger partial charge in [-0.15, -0.1) is 0 Å². The maximum Gasteiger partial charge on any atom is 0.264 e. The highest BCUT2D eigenvalue weighted by Crippen LogP contribution is 2.40. The average molecular weight is 322 g/mol. The largest absolute Gasteiger partial charge is 0.354 e. The molecule has 1 aromatic rings. The first kappa shape index (κ1) is 15.4. The molecule has 5 nitrogen and oxygen atoms in total. The zero-order valence-corrected chi connectivity index (χ0v) is 13.0. The van der Waals surface area contributed by atoms with Crippen molar-refractivity contribution >= 4 is 40.9 Å². The second kappa shape index (κ2) is 6.20. The topological polar surface area (TPSA) is 73.2 Å². The second-order valence-corrected chi connectivity index (χ2v) is 6.05. The second-order valence-electron chi connectivity index (χ2n) is 4.28. The van der Waals surface area contributed by atoms with E-state index >= 15 is 0 Å². The highest BCUT2D eigenvalue weighted by atomic mass is 35.5. The van der Waals surface area contributed by atoms with Gasteiger partial charge in [-0.1, -0.05) is 23.4 Å². The number of nitriles is 1. The molecule has 0 bridgehead atoms. The van der Waals surface area contributed by atoms with E-state index in [1.165, 1.54) is 23.7 Å². The van der Waals surface area contributed by atoms with E-state index in [0.717, 1.165) is 0 Å². The van der Waals surface area contributed by atoms with Crippen LogP contribution in [-0.4, -0.2) is 24.1 Å². The highest BCUT2D eigenvalue weighted by molar-refractivity contribution is 8.05. The molecule has 0 aromatic heterocycles. The Kier molecular flexibility index (Phi) is 4.56. The van der Waals surface area contributed by atoms with Gasteiger partial charge in [0.2, 0.25) is 5.91 Å². The van der Waals surface area contributed by atoms with Gasteiger partial charge in [-0.05, 0) is 31.2 Å². The van der Waals surface area contributed by atoms with Gasteiger partial charge in [-0.25, -0.2) is 0 Å². The van der Waals surface area contributed by atoms with Crippen LogP contribution in [0.15, 0.2) is 34.9 Å². The van der Waals surface area contributed by atoms with Crippen LogP contribution in [0.4, 0.5) is 5.69 Å². The molecule has 7 heteroatoms. The number of carbonyl (C=O) groups is 2. The molecular formula is C14H12ClN3O2S. The predicted molar refractivity (Wildman–Crippen MR) is 82.7 cm³/mol. The Hall–Kier alpha value is -1.97. The van der Waals surface area contributed by atoms with Crippen LogP contribution in [0.25, 0.3) is 0 Å². The molecule has 2 rings (SSSR count). The van der Waals surface area contributed by atoms with E-state index < -0.39 is 5.91 Å². The summed E-state index contributed by atoms with van der Waals surface area (Å²) in [5, 5.41) is 12.2. The molecule has 0 radical (unpaired) electrons. The smallest absolute Gasteiger partial charge is 0.264 e. The van der Waals surface area contributed by atoms with Crippen LogP contribution in [0.1, 0.15) is 6.92 Å². The molecule has 0 aliphatic carbocycles. The number of nitrogens with one attached hydrogen (secondary N) is 1. The summed E-state index contributed by atoms with van der Waals surface area (Å²) in [6.45, 7) is 1.74. The van der Waals surface area contributed by atoms with E-state index in [-0.39, 0.29) is 16.7 Å². The molecule has 0 unspecified atom stereocenters. The van der Waals surface area contributed by atoms with Crippen LogP contribution in [0.2, 0.25) is 5.02 Å². The minimum atomic E-state index is -0.513. The lowest BCUT2D eigenvalue weighted by Gasteiger charge is -2.18. The number of nitrogens with zero attached hydrogens (tertiary/aromatic N) is 2. The number of hydrogen-bond acceptors (Lipinski definition) is 4. The quantitative estimate of drug-likeness (QED) is 0.670. The summed E-state index contributed by atoms with van der Waals surface area (Å²) in [6.07, 6.45) is 0. The van der Waals surface area contributed by atoms with E-state index in [1.54, 1.807) is 31.2 Å². The number of anilines is 1. The van der Waals surface area contributed by atoms with Crippen molar-refractivity contribution < 1.29 is 9.59 Å². The van der Waals surface area contributed by atoms with E-state index in [9.17, 15) is 14.9 Å². The molecule has 1 saturated heterocycles. The van der Waals surface area contributed by atoms with Crippen molar-refractivity contribution in [3.8, 4) is 6.07 Å². The van der Waals surface area contributed by atoms with Crippen LogP contribution in [-0.2, 0) is 9.59 Å². The first-order valence-electron chi connectivity index (χ1n) is 6.12. The first-order chi connectivity index (χ1) is 9.99. The van der Waals surface area contributed by atoms with Crippen molar-refractivity contribution in [3.63, 3.8) is 0 Å². The minimum absolute atomic E-state index is 0.0739. The maximum absolute atomic E-state index is 12.3. The van der Waals surface area contributed by atoms with Gasteiger partial charge in [0.05, 0.1) is 5.25 Å². The number of halogens is 1. The molecule has 21 heavy (non-hydrogen) atoms. The van der Waals surface area contributed by atoms with Crippen LogP contribution in [0.5, 0.6) is 0 Å². The summed E-state index contributed by atoms with van der Waals surface area (Å²) in [5.41, 5.74) is 0.503. The number of thioether (sulfide) groups is 1. The Morgan fingerprint density at radius 3 is 2.57 bits per heavy atom. The van der Waals surface area contributed by atoms with Crippen molar-refractivity contribution in [1.82, 2.24) is 5.32 Å². The van der Waals surface area contributed by atoms with Crippen LogP contribution >= 0.6 is 23.4 Å². The third-order valence-electron chi connectivity index (χ3n) is 2.92. The number of likely N-dealkylation sites (N-methyl/N-ethyl adjacent to an activating group) is 1. The van der Waals surface area contributed by atoms with Crippen molar-refractivity contribution in [3.05, 3.63) is 39.9 Å². The lowest BCUT2D eigenvalue weighted by Crippen LogP contribution is -2.29. The van der Waals surface area contributed by atoms with Gasteiger partial charge >= 0.3 is 0 Å². The third kappa shape index (κ3) is 2.89. The molecule has 0 spiro atoms. The van der Waals surface area contributed by atoms with Gasteiger partial charge < -0.3 is 5.32 Å². The Morgan fingerprint density at radius 2 is 2.05 bits per heavy atom. The molecule has 1 heterocycles. The molecule has 1 aliphatic rings. The monoisotopic (exact) mass is 321 g/mol. The molecule has 1 N–H and O–H groups in total. The van der Waals surface area contributed by atoms with Gasteiger partial charge in [0.25, 0.3) is 5.91 Å². The van der Waals surface area contributed by atoms with Crippen molar-refractivity contribution in [2.45, 2.75) is 12.2 Å². The number of rotatable bonds is 2. The summed E-state index contributed by atoms with van der Waals surface area (Å²) in [6, 6.07) is 8.54. The Balaban J connectivity index is 2.57. The predicted octanol–water partition coefficient (Wildman–Crippen LogP) is 2.29. The fourth-order valence-electron chi connectivity index (χ4n) is 1.88. The number of hydrogen-bond donors (Lipinski definition) is 1. The summed E-state index contributed by atoms with van der Waals surface area (Å²) in [5.74, 6) is -0.685. The van der Waals surface area contributed by atoms with Crippen LogP contribution < -0.4 is 10.2 Å². The summed E-state index contributed by atoms with van der Waals surface area (Å²) in [4.78, 5) is 25.5. The fourth-order valence-corrected chi connectivity index (χ4v) is 3.10. The fraction of sp³-hybridized carbons (Fsp3) is 0.214. The summed E-state index contributed by atoms with van der Waals surface area (Å²) < 4.78 is 0. The zero-order valence-electron chi connectivity index (χ0n) is 11.4. The number of benzene rings is 1. The van der Waals surface area contributed by atoms with Gasteiger partial charge in [0.15, 0.2) is 0 Å². The Labute approximate surface area is 131 Å². The highest BCUT2D eigenvalue weighted by Gasteiger charge is 2.38. The molecule has 1 aromatic carbocycles. The molecule has 1 fully saturated rings. The van der Waals surface area contributed by atoms with E-state index in [2.05, 4.69) is 5.32 Å². The van der Waals surface area contributed by atoms with Gasteiger partial charge in [-0.3, -0.25) is 14.5 Å². The SMILES string of the molecule is CNC(=O)/C(C#N)=C1\S[C@@H](C)C(=O)N1c1ccc(Cl)cc1. The molecule has 1 aliphatic heterocycles. The molecule has 0 saturated carbocycles. The minimum Gasteiger partial charge on any atom is -0.354 e. The normalized spacial score (nSPS) is 20.2. The molecular weight excluding hydrogens is 310 g/mol. The molecule has 2 amide bonds. The standard InChI is InChI=1S/C14H12ClN3O2S/c1-8-13(20)18(10-5-3-9(15)4-6-10)14(21-8)11(7-16)12(19)17-2/h3-6,8H,1-2H3,(H,17,19)/b14-11-/t8-/m0/s1. The first-order valence-corrected chi connectivity index (χ1v) is 7.38. The van der Waals surface area contributed by atoms with Gasteiger partial charge in [-0.2, -0.15) is 5.26 Å². The van der Waals surface area contributed by atoms with Crippen molar-refractivity contribution in [2.75, 3.05) is 11.9 Å². The Bertz CT molecular complexity index is 664. The van der Waals surface area contributed by atoms with Gasteiger partial charge in [0, 0.05) is 17.8 Å². The maximum atomic E-state index is 12.3. The van der Waals surface area contributed by atoms with E-state index in [1.807, 2.05) is 6.07 Å². The number of carbonyl (C=O) groups excluding carboxylic acids is 2. The number of amides is 2. The lowest BCUT2D eigenvalue weighted by molar-refractivity contribution is -0.117. The van der Waals surface area contributed by atoms with E-state index in [4.69, 9.17) is 11.6 Å². The molecule has 1 atom stereocenters. The summed E-state index contributed by atoms with van der Waals surface area (Å²) in [7, 11) is 1.44. The van der Waals surface area contributed by atoms with Gasteiger partial charge in [0.1, 0.15) is 16.7 Å². The molecule has 108 valence electrons.